The van der Waals surface area contributed by atoms with Gasteiger partial charge in [0.05, 0.1) is 5.69 Å². The molecule has 3 rings (SSSR count). The van der Waals surface area contributed by atoms with Crippen molar-refractivity contribution in [1.29, 1.82) is 0 Å². The summed E-state index contributed by atoms with van der Waals surface area (Å²) in [6, 6.07) is 6.73. The van der Waals surface area contributed by atoms with Crippen LogP contribution in [-0.2, 0) is 4.79 Å². The fourth-order valence-electron chi connectivity index (χ4n) is 2.44. The highest BCUT2D eigenvalue weighted by molar-refractivity contribution is 7.17. The molecule has 2 aromatic heterocycles. The lowest BCUT2D eigenvalue weighted by atomic mass is 10.1. The van der Waals surface area contributed by atoms with Crippen LogP contribution in [0.15, 0.2) is 28.8 Å². The summed E-state index contributed by atoms with van der Waals surface area (Å²) in [7, 11) is 0. The zero-order valence-electron chi connectivity index (χ0n) is 15.6. The van der Waals surface area contributed by atoms with Crippen molar-refractivity contribution in [2.24, 2.45) is 0 Å². The number of carbonyl (C=O) groups excluding carboxylic acids is 2. The van der Waals surface area contributed by atoms with E-state index in [1.807, 2.05) is 0 Å². The van der Waals surface area contributed by atoms with E-state index in [2.05, 4.69) is 25.8 Å². The van der Waals surface area contributed by atoms with Crippen molar-refractivity contribution in [3.05, 3.63) is 46.3 Å². The molecule has 1 aromatic carbocycles. The van der Waals surface area contributed by atoms with Gasteiger partial charge in [-0.05, 0) is 19.1 Å². The second kappa shape index (κ2) is 8.61. The fourth-order valence-corrected chi connectivity index (χ4v) is 3.26. The monoisotopic (exact) mass is 415 g/mol. The van der Waals surface area contributed by atoms with Crippen molar-refractivity contribution in [2.75, 3.05) is 11.9 Å². The minimum absolute atomic E-state index is 0.0104. The van der Waals surface area contributed by atoms with Crippen LogP contribution in [0.1, 0.15) is 38.0 Å². The Morgan fingerprint density at radius 1 is 1.21 bits per heavy atom. The van der Waals surface area contributed by atoms with Gasteiger partial charge in [0.25, 0.3) is 5.91 Å². The van der Waals surface area contributed by atoms with E-state index in [0.29, 0.717) is 28.5 Å². The number of rotatable bonds is 7. The minimum Gasteiger partial charge on any atom is -0.477 e. The van der Waals surface area contributed by atoms with Crippen molar-refractivity contribution >= 4 is 34.3 Å². The van der Waals surface area contributed by atoms with E-state index in [1.54, 1.807) is 38.1 Å². The van der Waals surface area contributed by atoms with Crippen LogP contribution in [0, 0.1) is 13.8 Å². The number of hydrogen-bond donors (Lipinski definition) is 3. The van der Waals surface area contributed by atoms with Gasteiger partial charge in [0.1, 0.15) is 4.88 Å². The molecule has 0 saturated carbocycles. The molecule has 0 atom stereocenters. The number of aromatic nitrogens is 3. The molecule has 2 amide bonds. The first-order valence-corrected chi connectivity index (χ1v) is 9.34. The van der Waals surface area contributed by atoms with Crippen molar-refractivity contribution in [1.82, 2.24) is 20.4 Å². The molecule has 150 valence electrons. The van der Waals surface area contributed by atoms with Crippen LogP contribution in [0.4, 0.5) is 5.13 Å². The number of aryl methyl sites for hydroxylation is 2. The lowest BCUT2D eigenvalue weighted by Gasteiger charge is -2.06. The molecule has 0 bridgehead atoms. The standard InChI is InChI=1S/C18H17N5O5S/c1-9-14(17(26)27)29-18(20-9)22-13(24)6-7-19-16(25)12-5-3-4-11(8-12)15-21-10(2)28-23-15/h3-5,8H,6-7H2,1-2H3,(H,19,25)(H,26,27)(H,20,22,24). The van der Waals surface area contributed by atoms with Gasteiger partial charge in [-0.1, -0.05) is 28.6 Å². The Balaban J connectivity index is 1.52. The number of thiazole rings is 1. The number of nitrogens with zero attached hydrogens (tertiary/aromatic N) is 3. The van der Waals surface area contributed by atoms with E-state index < -0.39 is 5.97 Å². The van der Waals surface area contributed by atoms with E-state index in [0.717, 1.165) is 11.3 Å². The summed E-state index contributed by atoms with van der Waals surface area (Å²) in [6.07, 6.45) is 0.0104. The first-order valence-electron chi connectivity index (χ1n) is 8.53. The number of carboxylic acids is 1. The van der Waals surface area contributed by atoms with Gasteiger partial charge in [-0.2, -0.15) is 4.98 Å². The van der Waals surface area contributed by atoms with Crippen molar-refractivity contribution in [3.63, 3.8) is 0 Å². The molecular formula is C18H17N5O5S. The zero-order valence-corrected chi connectivity index (χ0v) is 16.4. The predicted octanol–water partition coefficient (Wildman–Crippen LogP) is 2.27. The lowest BCUT2D eigenvalue weighted by molar-refractivity contribution is -0.116. The van der Waals surface area contributed by atoms with Crippen LogP contribution >= 0.6 is 11.3 Å². The predicted molar refractivity (Wildman–Crippen MR) is 104 cm³/mol. The van der Waals surface area contributed by atoms with E-state index in [1.165, 1.54) is 0 Å². The van der Waals surface area contributed by atoms with Crippen molar-refractivity contribution < 1.29 is 24.0 Å². The van der Waals surface area contributed by atoms with Crippen LogP contribution < -0.4 is 10.6 Å². The summed E-state index contributed by atoms with van der Waals surface area (Å²) in [5, 5.41) is 18.2. The third-order valence-corrected chi connectivity index (χ3v) is 4.85. The average Bonchev–Trinajstić information content (AvgIpc) is 3.27. The maximum atomic E-state index is 12.3. The molecule has 0 spiro atoms. The van der Waals surface area contributed by atoms with Gasteiger partial charge < -0.3 is 20.3 Å². The molecule has 10 nitrogen and oxygen atoms in total. The van der Waals surface area contributed by atoms with Crippen LogP contribution in [0.25, 0.3) is 11.4 Å². The first-order chi connectivity index (χ1) is 13.8. The van der Waals surface area contributed by atoms with Gasteiger partial charge in [0.2, 0.25) is 17.6 Å². The topological polar surface area (TPSA) is 147 Å². The molecule has 0 fully saturated rings. The molecule has 0 aliphatic carbocycles. The summed E-state index contributed by atoms with van der Waals surface area (Å²) in [6.45, 7) is 3.33. The van der Waals surface area contributed by atoms with Crippen LogP contribution in [0.3, 0.4) is 0 Å². The van der Waals surface area contributed by atoms with Crippen molar-refractivity contribution in [2.45, 2.75) is 20.3 Å². The third kappa shape index (κ3) is 5.02. The summed E-state index contributed by atoms with van der Waals surface area (Å²) in [4.78, 5) is 43.5. The van der Waals surface area contributed by atoms with Crippen LogP contribution in [-0.4, -0.2) is 44.6 Å². The van der Waals surface area contributed by atoms with Gasteiger partial charge in [0, 0.05) is 31.0 Å². The minimum atomic E-state index is -1.09. The number of hydrogen-bond acceptors (Lipinski definition) is 8. The van der Waals surface area contributed by atoms with E-state index >= 15 is 0 Å². The SMILES string of the molecule is Cc1nc(-c2cccc(C(=O)NCCC(=O)Nc3nc(C)c(C(=O)O)s3)c2)no1. The van der Waals surface area contributed by atoms with Gasteiger partial charge >= 0.3 is 5.97 Å². The number of amides is 2. The molecule has 0 radical (unpaired) electrons. The molecule has 0 aliphatic heterocycles. The number of carbonyl (C=O) groups is 3. The highest BCUT2D eigenvalue weighted by Gasteiger charge is 2.16. The van der Waals surface area contributed by atoms with Crippen LogP contribution in [0.2, 0.25) is 0 Å². The Kier molecular flexibility index (Phi) is 5.98. The first kappa shape index (κ1) is 20.1. The highest BCUT2D eigenvalue weighted by atomic mass is 32.1. The fraction of sp³-hybridized carbons (Fsp3) is 0.222. The second-order valence-corrected chi connectivity index (χ2v) is 7.01. The average molecular weight is 415 g/mol. The highest BCUT2D eigenvalue weighted by Crippen LogP contribution is 2.22. The maximum absolute atomic E-state index is 12.3. The number of anilines is 1. The van der Waals surface area contributed by atoms with E-state index in [9.17, 15) is 14.4 Å². The van der Waals surface area contributed by atoms with Crippen molar-refractivity contribution in [3.8, 4) is 11.4 Å². The quantitative estimate of drug-likeness (QED) is 0.532. The molecule has 3 N–H and O–H groups in total. The number of aromatic carboxylic acids is 1. The molecule has 0 unspecified atom stereocenters. The third-order valence-electron chi connectivity index (χ3n) is 3.79. The molecule has 2 heterocycles. The summed E-state index contributed by atoms with van der Waals surface area (Å²) in [5.74, 6) is -1.01. The van der Waals surface area contributed by atoms with E-state index in [4.69, 9.17) is 9.63 Å². The van der Waals surface area contributed by atoms with Crippen LogP contribution in [0.5, 0.6) is 0 Å². The Hall–Kier alpha value is -3.60. The van der Waals surface area contributed by atoms with E-state index in [-0.39, 0.29) is 34.8 Å². The molecular weight excluding hydrogens is 398 g/mol. The number of benzene rings is 1. The Labute approximate surface area is 169 Å². The smallest absolute Gasteiger partial charge is 0.347 e. The normalized spacial score (nSPS) is 10.6. The van der Waals surface area contributed by atoms with Gasteiger partial charge in [-0.15, -0.1) is 0 Å². The van der Waals surface area contributed by atoms with Gasteiger partial charge in [0.15, 0.2) is 5.13 Å². The summed E-state index contributed by atoms with van der Waals surface area (Å²) < 4.78 is 4.94. The maximum Gasteiger partial charge on any atom is 0.347 e. The van der Waals surface area contributed by atoms with Gasteiger partial charge in [-0.3, -0.25) is 9.59 Å². The second-order valence-electron chi connectivity index (χ2n) is 6.01. The largest absolute Gasteiger partial charge is 0.477 e. The van der Waals surface area contributed by atoms with Gasteiger partial charge in [-0.25, -0.2) is 9.78 Å². The Morgan fingerprint density at radius 2 is 2.00 bits per heavy atom. The Morgan fingerprint density at radius 3 is 2.66 bits per heavy atom. The molecule has 11 heteroatoms. The number of carboxylic acid groups (broad SMARTS) is 1. The molecule has 29 heavy (non-hydrogen) atoms. The summed E-state index contributed by atoms with van der Waals surface area (Å²) in [5.41, 5.74) is 1.37. The Bertz CT molecular complexity index is 1070. The molecule has 3 aromatic rings. The molecule has 0 saturated heterocycles. The zero-order chi connectivity index (χ0) is 21.0. The molecule has 0 aliphatic rings. The summed E-state index contributed by atoms with van der Waals surface area (Å²) >= 11 is 0.884. The number of nitrogens with one attached hydrogen (secondary N) is 2. The lowest BCUT2D eigenvalue weighted by Crippen LogP contribution is -2.27.